The molecule has 1 heterocycles. The summed E-state index contributed by atoms with van der Waals surface area (Å²) in [6.07, 6.45) is 9.91. The number of nitrogens with zero attached hydrogens (tertiary/aromatic N) is 1. The van der Waals surface area contributed by atoms with Gasteiger partial charge in [0.2, 0.25) is 17.7 Å². The molecule has 5 heteroatoms. The van der Waals surface area contributed by atoms with Crippen molar-refractivity contribution in [3.05, 3.63) is 12.2 Å². The molecule has 0 aromatic heterocycles. The van der Waals surface area contributed by atoms with Crippen molar-refractivity contribution in [2.75, 3.05) is 6.54 Å². The average molecular weight is 290 g/mol. The van der Waals surface area contributed by atoms with Crippen LogP contribution in [0.2, 0.25) is 0 Å². The van der Waals surface area contributed by atoms with Crippen molar-refractivity contribution in [1.29, 1.82) is 0 Å². The molecule has 3 amide bonds. The van der Waals surface area contributed by atoms with E-state index in [1.807, 2.05) is 12.2 Å². The molecule has 2 aliphatic carbocycles. The normalized spacial score (nSPS) is 29.0. The fraction of sp³-hybridized carbons (Fsp3) is 0.688. The zero-order valence-electron chi connectivity index (χ0n) is 12.2. The predicted molar refractivity (Wildman–Crippen MR) is 77.1 cm³/mol. The Hall–Kier alpha value is -1.65. The van der Waals surface area contributed by atoms with Gasteiger partial charge in [-0.1, -0.05) is 25.0 Å². The number of imide groups is 1. The zero-order chi connectivity index (χ0) is 14.8. The molecule has 0 radical (unpaired) electrons. The van der Waals surface area contributed by atoms with Crippen LogP contribution in [0.5, 0.6) is 0 Å². The average Bonchev–Trinajstić information content (AvgIpc) is 3.07. The van der Waals surface area contributed by atoms with Crippen LogP contribution >= 0.6 is 0 Å². The third kappa shape index (κ3) is 2.87. The van der Waals surface area contributed by atoms with Crippen LogP contribution in [0.15, 0.2) is 12.2 Å². The molecule has 0 aromatic rings. The van der Waals surface area contributed by atoms with Crippen molar-refractivity contribution in [2.24, 2.45) is 11.8 Å². The lowest BCUT2D eigenvalue weighted by Crippen LogP contribution is -2.38. The largest absolute Gasteiger partial charge is 0.353 e. The monoisotopic (exact) mass is 290 g/mol. The minimum atomic E-state index is -0.194. The molecular formula is C16H22N2O3. The third-order valence-electron chi connectivity index (χ3n) is 4.88. The molecule has 21 heavy (non-hydrogen) atoms. The van der Waals surface area contributed by atoms with E-state index < -0.39 is 0 Å². The Labute approximate surface area is 124 Å². The van der Waals surface area contributed by atoms with Crippen LogP contribution in [0.4, 0.5) is 0 Å². The maximum Gasteiger partial charge on any atom is 0.233 e. The number of carbonyl (C=O) groups is 3. The van der Waals surface area contributed by atoms with Gasteiger partial charge in [-0.15, -0.1) is 0 Å². The van der Waals surface area contributed by atoms with Gasteiger partial charge in [-0.25, -0.2) is 0 Å². The number of rotatable bonds is 4. The summed E-state index contributed by atoms with van der Waals surface area (Å²) in [6.45, 7) is 0.225. The number of hydrogen-bond donors (Lipinski definition) is 1. The van der Waals surface area contributed by atoms with Gasteiger partial charge in [0, 0.05) is 19.0 Å². The number of carbonyl (C=O) groups excluding carboxylic acids is 3. The number of nitrogens with one attached hydrogen (secondary N) is 1. The van der Waals surface area contributed by atoms with E-state index in [0.29, 0.717) is 12.8 Å². The molecule has 0 spiro atoms. The van der Waals surface area contributed by atoms with Gasteiger partial charge in [0.25, 0.3) is 0 Å². The summed E-state index contributed by atoms with van der Waals surface area (Å²) in [7, 11) is 0. The van der Waals surface area contributed by atoms with Gasteiger partial charge in [0.15, 0.2) is 0 Å². The Kier molecular flexibility index (Phi) is 4.08. The number of hydrogen-bond acceptors (Lipinski definition) is 3. The summed E-state index contributed by atoms with van der Waals surface area (Å²) in [5.41, 5.74) is 0. The van der Waals surface area contributed by atoms with Gasteiger partial charge in [0.1, 0.15) is 0 Å². The number of amides is 3. The second-order valence-corrected chi connectivity index (χ2v) is 6.28. The van der Waals surface area contributed by atoms with Crippen LogP contribution in [-0.2, 0) is 14.4 Å². The summed E-state index contributed by atoms with van der Waals surface area (Å²) < 4.78 is 0. The summed E-state index contributed by atoms with van der Waals surface area (Å²) in [6, 6.07) is 0.286. The van der Waals surface area contributed by atoms with E-state index >= 15 is 0 Å². The summed E-state index contributed by atoms with van der Waals surface area (Å²) in [5, 5.41) is 2.99. The van der Waals surface area contributed by atoms with Crippen LogP contribution in [0, 0.1) is 11.8 Å². The molecule has 1 aliphatic heterocycles. The first-order chi connectivity index (χ1) is 10.2. The number of fused-ring (bicyclic) bond motifs is 1. The third-order valence-corrected chi connectivity index (χ3v) is 4.88. The Morgan fingerprint density at radius 3 is 2.24 bits per heavy atom. The summed E-state index contributed by atoms with van der Waals surface area (Å²) in [5.74, 6) is -0.623. The molecule has 2 fully saturated rings. The zero-order valence-corrected chi connectivity index (χ0v) is 12.2. The van der Waals surface area contributed by atoms with Gasteiger partial charge in [-0.3, -0.25) is 19.3 Å². The fourth-order valence-electron chi connectivity index (χ4n) is 3.67. The first kappa shape index (κ1) is 14.3. The second kappa shape index (κ2) is 6.00. The predicted octanol–water partition coefficient (Wildman–Crippen LogP) is 1.39. The molecule has 114 valence electrons. The highest BCUT2D eigenvalue weighted by atomic mass is 16.2. The van der Waals surface area contributed by atoms with Crippen molar-refractivity contribution in [3.63, 3.8) is 0 Å². The van der Waals surface area contributed by atoms with E-state index in [2.05, 4.69) is 5.32 Å². The number of allylic oxidation sites excluding steroid dienone is 2. The second-order valence-electron chi connectivity index (χ2n) is 6.28. The van der Waals surface area contributed by atoms with Crippen LogP contribution in [0.1, 0.15) is 44.9 Å². The molecule has 3 aliphatic rings. The molecule has 1 saturated heterocycles. The van der Waals surface area contributed by atoms with Crippen molar-refractivity contribution >= 4 is 17.7 Å². The van der Waals surface area contributed by atoms with E-state index in [1.165, 1.54) is 17.7 Å². The Morgan fingerprint density at radius 1 is 1.10 bits per heavy atom. The van der Waals surface area contributed by atoms with E-state index in [1.54, 1.807) is 0 Å². The highest BCUT2D eigenvalue weighted by Gasteiger charge is 2.46. The van der Waals surface area contributed by atoms with Crippen LogP contribution < -0.4 is 5.32 Å². The van der Waals surface area contributed by atoms with Crippen molar-refractivity contribution in [3.8, 4) is 0 Å². The number of likely N-dealkylation sites (tertiary alicyclic amines) is 1. The van der Waals surface area contributed by atoms with Gasteiger partial charge in [0.05, 0.1) is 11.8 Å². The molecule has 3 rings (SSSR count). The molecule has 1 N–H and O–H groups in total. The molecular weight excluding hydrogens is 268 g/mol. The van der Waals surface area contributed by atoms with Crippen LogP contribution in [-0.4, -0.2) is 35.2 Å². The van der Waals surface area contributed by atoms with Crippen molar-refractivity contribution in [2.45, 2.75) is 51.0 Å². The van der Waals surface area contributed by atoms with Gasteiger partial charge in [-0.05, 0) is 25.7 Å². The SMILES string of the molecule is O=C(CCN1C(=O)[C@H]2CC=CC[C@H]2C1=O)NC1CCCC1. The Bertz CT molecular complexity index is 454. The lowest BCUT2D eigenvalue weighted by molar-refractivity contribution is -0.140. The summed E-state index contributed by atoms with van der Waals surface area (Å²) >= 11 is 0. The van der Waals surface area contributed by atoms with E-state index in [0.717, 1.165) is 12.8 Å². The van der Waals surface area contributed by atoms with Gasteiger partial charge in [-0.2, -0.15) is 0 Å². The van der Waals surface area contributed by atoms with Crippen LogP contribution in [0.25, 0.3) is 0 Å². The Balaban J connectivity index is 1.52. The Morgan fingerprint density at radius 2 is 1.67 bits per heavy atom. The molecule has 0 aromatic carbocycles. The van der Waals surface area contributed by atoms with E-state index in [9.17, 15) is 14.4 Å². The first-order valence-corrected chi connectivity index (χ1v) is 7.96. The highest BCUT2D eigenvalue weighted by molar-refractivity contribution is 6.05. The minimum Gasteiger partial charge on any atom is -0.353 e. The molecule has 1 saturated carbocycles. The lowest BCUT2D eigenvalue weighted by atomic mass is 9.85. The fourth-order valence-corrected chi connectivity index (χ4v) is 3.67. The molecule has 0 unspecified atom stereocenters. The lowest BCUT2D eigenvalue weighted by Gasteiger charge is -2.16. The topological polar surface area (TPSA) is 66.5 Å². The highest BCUT2D eigenvalue weighted by Crippen LogP contribution is 2.34. The first-order valence-electron chi connectivity index (χ1n) is 7.96. The maximum atomic E-state index is 12.2. The van der Waals surface area contributed by atoms with Crippen molar-refractivity contribution < 1.29 is 14.4 Å². The van der Waals surface area contributed by atoms with Crippen molar-refractivity contribution in [1.82, 2.24) is 10.2 Å². The van der Waals surface area contributed by atoms with Crippen LogP contribution in [0.3, 0.4) is 0 Å². The van der Waals surface area contributed by atoms with E-state index in [-0.39, 0.29) is 48.6 Å². The summed E-state index contributed by atoms with van der Waals surface area (Å²) in [4.78, 5) is 37.7. The van der Waals surface area contributed by atoms with E-state index in [4.69, 9.17) is 0 Å². The molecule has 5 nitrogen and oxygen atoms in total. The standard InChI is InChI=1S/C16H22N2O3/c19-14(17-11-5-1-2-6-11)9-10-18-15(20)12-7-3-4-8-13(12)16(18)21/h3-4,11-13H,1-2,5-10H2,(H,17,19)/t12-,13+. The minimum absolute atomic E-state index is 0.0458. The maximum absolute atomic E-state index is 12.2. The molecule has 0 bridgehead atoms. The van der Waals surface area contributed by atoms with Gasteiger partial charge >= 0.3 is 0 Å². The molecule has 2 atom stereocenters. The van der Waals surface area contributed by atoms with Gasteiger partial charge < -0.3 is 5.32 Å². The smallest absolute Gasteiger partial charge is 0.233 e. The quantitative estimate of drug-likeness (QED) is 0.628.